The van der Waals surface area contributed by atoms with E-state index in [0.29, 0.717) is 13.0 Å². The lowest BCUT2D eigenvalue weighted by Gasteiger charge is -2.10. The standard InChI is InChI=1S/C19H23NO3.ClH/c1-3-14-4-6-16(7-5-14)13-23-17-10-8-15(9-11-17)12-18(20)19(21)22-2;/h4-11,18H,3,12-13,20H2,1-2H3;1H/t18-;/m0./s1. The number of esters is 1. The third-order valence-electron chi connectivity index (χ3n) is 3.72. The maximum absolute atomic E-state index is 11.3. The van der Waals surface area contributed by atoms with Crippen LogP contribution >= 0.6 is 12.4 Å². The van der Waals surface area contributed by atoms with Crippen LogP contribution in [0.15, 0.2) is 48.5 Å². The van der Waals surface area contributed by atoms with Crippen LogP contribution in [0.4, 0.5) is 0 Å². The first-order valence-corrected chi connectivity index (χ1v) is 7.75. The SMILES string of the molecule is CCc1ccc(COc2ccc(C[C@H](N)C(=O)OC)cc2)cc1.Cl. The minimum Gasteiger partial charge on any atom is -0.489 e. The highest BCUT2D eigenvalue weighted by Crippen LogP contribution is 2.15. The third kappa shape index (κ3) is 5.87. The molecule has 0 aromatic heterocycles. The van der Waals surface area contributed by atoms with Gasteiger partial charge >= 0.3 is 5.97 Å². The van der Waals surface area contributed by atoms with E-state index < -0.39 is 12.0 Å². The van der Waals surface area contributed by atoms with Crippen molar-refractivity contribution in [1.82, 2.24) is 0 Å². The molecule has 0 radical (unpaired) electrons. The predicted molar refractivity (Wildman–Crippen MR) is 97.5 cm³/mol. The van der Waals surface area contributed by atoms with Crippen molar-refractivity contribution < 1.29 is 14.3 Å². The maximum atomic E-state index is 11.3. The summed E-state index contributed by atoms with van der Waals surface area (Å²) in [5, 5.41) is 0. The first-order valence-electron chi connectivity index (χ1n) is 7.75. The first kappa shape index (κ1) is 20.0. The zero-order valence-corrected chi connectivity index (χ0v) is 14.8. The fraction of sp³-hybridized carbons (Fsp3) is 0.316. The van der Waals surface area contributed by atoms with E-state index in [4.69, 9.17) is 10.5 Å². The molecule has 2 aromatic rings. The minimum absolute atomic E-state index is 0. The summed E-state index contributed by atoms with van der Waals surface area (Å²) in [6.07, 6.45) is 1.49. The van der Waals surface area contributed by atoms with Crippen LogP contribution in [-0.2, 0) is 29.0 Å². The van der Waals surface area contributed by atoms with Crippen molar-refractivity contribution >= 4 is 18.4 Å². The van der Waals surface area contributed by atoms with Crippen molar-refractivity contribution in [3.05, 3.63) is 65.2 Å². The van der Waals surface area contributed by atoms with Gasteiger partial charge in [0.1, 0.15) is 18.4 Å². The monoisotopic (exact) mass is 349 g/mol. The Labute approximate surface area is 149 Å². The van der Waals surface area contributed by atoms with Crippen LogP contribution < -0.4 is 10.5 Å². The Balaban J connectivity index is 0.00000288. The van der Waals surface area contributed by atoms with Crippen molar-refractivity contribution in [2.45, 2.75) is 32.4 Å². The fourth-order valence-electron chi connectivity index (χ4n) is 2.25. The predicted octanol–water partition coefficient (Wildman–Crippen LogP) is 3.29. The molecule has 0 fully saturated rings. The quantitative estimate of drug-likeness (QED) is 0.779. The second-order valence-electron chi connectivity index (χ2n) is 5.44. The van der Waals surface area contributed by atoms with Gasteiger partial charge in [-0.05, 0) is 41.7 Å². The Morgan fingerprint density at radius 3 is 2.08 bits per heavy atom. The number of hydrogen-bond acceptors (Lipinski definition) is 4. The van der Waals surface area contributed by atoms with Crippen LogP contribution in [0.3, 0.4) is 0 Å². The van der Waals surface area contributed by atoms with Crippen LogP contribution in [-0.4, -0.2) is 19.1 Å². The number of carbonyl (C=O) groups is 1. The van der Waals surface area contributed by atoms with Gasteiger partial charge < -0.3 is 15.2 Å². The zero-order valence-electron chi connectivity index (χ0n) is 14.0. The number of hydrogen-bond donors (Lipinski definition) is 1. The van der Waals surface area contributed by atoms with Gasteiger partial charge in [-0.25, -0.2) is 0 Å². The molecule has 24 heavy (non-hydrogen) atoms. The number of carbonyl (C=O) groups excluding carboxylic acids is 1. The van der Waals surface area contributed by atoms with Crippen LogP contribution in [0.1, 0.15) is 23.6 Å². The lowest BCUT2D eigenvalue weighted by atomic mass is 10.1. The summed E-state index contributed by atoms with van der Waals surface area (Å²) in [5.74, 6) is 0.390. The smallest absolute Gasteiger partial charge is 0.322 e. The minimum atomic E-state index is -0.635. The summed E-state index contributed by atoms with van der Waals surface area (Å²) in [5.41, 5.74) is 9.18. The molecule has 0 unspecified atom stereocenters. The summed E-state index contributed by atoms with van der Waals surface area (Å²) in [4.78, 5) is 11.3. The molecule has 0 aliphatic heterocycles. The molecular weight excluding hydrogens is 326 g/mol. The van der Waals surface area contributed by atoms with Gasteiger partial charge in [-0.1, -0.05) is 43.3 Å². The first-order chi connectivity index (χ1) is 11.1. The van der Waals surface area contributed by atoms with Crippen LogP contribution in [0.25, 0.3) is 0 Å². The normalized spacial score (nSPS) is 11.3. The molecule has 0 amide bonds. The van der Waals surface area contributed by atoms with E-state index >= 15 is 0 Å². The summed E-state index contributed by atoms with van der Waals surface area (Å²) in [7, 11) is 1.34. The van der Waals surface area contributed by atoms with E-state index in [1.165, 1.54) is 12.7 Å². The zero-order chi connectivity index (χ0) is 16.7. The second kappa shape index (κ2) is 9.96. The largest absolute Gasteiger partial charge is 0.489 e. The van der Waals surface area contributed by atoms with Gasteiger partial charge in [-0.3, -0.25) is 4.79 Å². The molecule has 1 atom stereocenters. The highest BCUT2D eigenvalue weighted by Gasteiger charge is 2.13. The number of aryl methyl sites for hydroxylation is 1. The van der Waals surface area contributed by atoms with Gasteiger partial charge in [0.15, 0.2) is 0 Å². The van der Waals surface area contributed by atoms with Crippen LogP contribution in [0.2, 0.25) is 0 Å². The van der Waals surface area contributed by atoms with E-state index in [9.17, 15) is 4.79 Å². The third-order valence-corrected chi connectivity index (χ3v) is 3.72. The molecule has 0 aliphatic carbocycles. The molecule has 4 nitrogen and oxygen atoms in total. The second-order valence-corrected chi connectivity index (χ2v) is 5.44. The van der Waals surface area contributed by atoms with Gasteiger partial charge in [0, 0.05) is 0 Å². The van der Waals surface area contributed by atoms with Crippen LogP contribution in [0.5, 0.6) is 5.75 Å². The molecule has 130 valence electrons. The van der Waals surface area contributed by atoms with Gasteiger partial charge in [-0.2, -0.15) is 0 Å². The lowest BCUT2D eigenvalue weighted by molar-refractivity contribution is -0.142. The van der Waals surface area contributed by atoms with Crippen molar-refractivity contribution in [3.8, 4) is 5.75 Å². The van der Waals surface area contributed by atoms with E-state index in [1.54, 1.807) is 0 Å². The summed E-state index contributed by atoms with van der Waals surface area (Å²) >= 11 is 0. The molecule has 0 saturated heterocycles. The number of nitrogens with two attached hydrogens (primary N) is 1. The van der Waals surface area contributed by atoms with Crippen molar-refractivity contribution in [2.24, 2.45) is 5.73 Å². The van der Waals surface area contributed by atoms with Gasteiger partial charge in [0.2, 0.25) is 0 Å². The van der Waals surface area contributed by atoms with E-state index in [0.717, 1.165) is 23.3 Å². The van der Waals surface area contributed by atoms with E-state index in [2.05, 4.69) is 35.9 Å². The molecule has 0 spiro atoms. The summed E-state index contributed by atoms with van der Waals surface area (Å²) in [6, 6.07) is 15.4. The Morgan fingerprint density at radius 2 is 1.54 bits per heavy atom. The molecule has 0 heterocycles. The summed E-state index contributed by atoms with van der Waals surface area (Å²) in [6.45, 7) is 2.67. The van der Waals surface area contributed by atoms with Gasteiger partial charge in [0.05, 0.1) is 7.11 Å². The van der Waals surface area contributed by atoms with Gasteiger partial charge in [0.25, 0.3) is 0 Å². The number of benzene rings is 2. The Morgan fingerprint density at radius 1 is 1.00 bits per heavy atom. The van der Waals surface area contributed by atoms with Crippen LogP contribution in [0, 0.1) is 0 Å². The molecule has 2 aromatic carbocycles. The maximum Gasteiger partial charge on any atom is 0.322 e. The van der Waals surface area contributed by atoms with Crippen molar-refractivity contribution in [3.63, 3.8) is 0 Å². The number of rotatable bonds is 7. The highest BCUT2D eigenvalue weighted by atomic mass is 35.5. The van der Waals surface area contributed by atoms with Crippen molar-refractivity contribution in [2.75, 3.05) is 7.11 Å². The summed E-state index contributed by atoms with van der Waals surface area (Å²) < 4.78 is 10.4. The average molecular weight is 350 g/mol. The van der Waals surface area contributed by atoms with E-state index in [1.807, 2.05) is 24.3 Å². The number of methoxy groups -OCH3 is 1. The molecule has 2 N–H and O–H groups in total. The Kier molecular flexibility index (Phi) is 8.30. The Bertz CT molecular complexity index is 626. The molecule has 2 rings (SSSR count). The number of ether oxygens (including phenoxy) is 2. The van der Waals surface area contributed by atoms with E-state index in [-0.39, 0.29) is 12.4 Å². The highest BCUT2D eigenvalue weighted by molar-refractivity contribution is 5.85. The van der Waals surface area contributed by atoms with Crippen molar-refractivity contribution in [1.29, 1.82) is 0 Å². The lowest BCUT2D eigenvalue weighted by Crippen LogP contribution is -2.33. The molecule has 0 bridgehead atoms. The molecule has 0 saturated carbocycles. The molecule has 0 aliphatic rings. The molecule has 5 heteroatoms. The number of halogens is 1. The topological polar surface area (TPSA) is 61.5 Å². The average Bonchev–Trinajstić information content (AvgIpc) is 2.60. The fourth-order valence-corrected chi connectivity index (χ4v) is 2.25. The Hall–Kier alpha value is -2.04. The van der Waals surface area contributed by atoms with Gasteiger partial charge in [-0.15, -0.1) is 12.4 Å². The molecular formula is C19H24ClNO3.